The lowest BCUT2D eigenvalue weighted by molar-refractivity contribution is -0.169. The second-order valence-electron chi connectivity index (χ2n) is 9.24. The van der Waals surface area contributed by atoms with Gasteiger partial charge in [0, 0.05) is 11.3 Å². The minimum Gasteiger partial charge on any atom is -0.399 e. The van der Waals surface area contributed by atoms with Crippen LogP contribution in [0.25, 0.3) is 5.78 Å². The number of anilines is 2. The smallest absolute Gasteiger partial charge is 0.399 e. The number of nitrogens with zero attached hydrogens (tertiary/aromatic N) is 5. The number of fused-ring (bicyclic) bond motifs is 3. The van der Waals surface area contributed by atoms with E-state index in [2.05, 4.69) is 20.5 Å². The van der Waals surface area contributed by atoms with E-state index in [0.717, 1.165) is 23.4 Å². The van der Waals surface area contributed by atoms with Gasteiger partial charge in [0.25, 0.3) is 5.78 Å². The molecule has 1 fully saturated rings. The molecule has 0 bridgehead atoms. The molecule has 180 valence electrons. The third-order valence-electron chi connectivity index (χ3n) is 6.42. The van der Waals surface area contributed by atoms with E-state index in [9.17, 15) is 18.0 Å². The first-order chi connectivity index (χ1) is 16.0. The zero-order valence-electron chi connectivity index (χ0n) is 18.9. The van der Waals surface area contributed by atoms with Crippen molar-refractivity contribution in [2.24, 2.45) is 5.41 Å². The summed E-state index contributed by atoms with van der Waals surface area (Å²) in [5.41, 5.74) is 6.36. The van der Waals surface area contributed by atoms with Crippen LogP contribution in [0, 0.1) is 12.3 Å². The Morgan fingerprint density at radius 2 is 1.97 bits per heavy atom. The Kier molecular flexibility index (Phi) is 4.97. The van der Waals surface area contributed by atoms with Crippen molar-refractivity contribution in [3.05, 3.63) is 46.4 Å². The van der Waals surface area contributed by atoms with Crippen molar-refractivity contribution in [1.29, 1.82) is 0 Å². The molecular formula is C22H24F3N7O2. The van der Waals surface area contributed by atoms with Crippen LogP contribution in [0.5, 0.6) is 0 Å². The normalized spacial score (nSPS) is 18.0. The molecule has 3 aromatic rings. The molecule has 3 N–H and O–H groups in total. The Labute approximate surface area is 193 Å². The maximum atomic E-state index is 13.3. The van der Waals surface area contributed by atoms with Gasteiger partial charge < -0.3 is 20.7 Å². The number of ether oxygens (including phenoxy) is 1. The quantitative estimate of drug-likeness (QED) is 0.558. The summed E-state index contributed by atoms with van der Waals surface area (Å²) in [6.07, 6.45) is -4.51. The minimum atomic E-state index is -4.51. The summed E-state index contributed by atoms with van der Waals surface area (Å²) in [6, 6.07) is 2.93. The number of nitrogens with one attached hydrogen (secondary N) is 1. The predicted molar refractivity (Wildman–Crippen MR) is 117 cm³/mol. The summed E-state index contributed by atoms with van der Waals surface area (Å²) in [5, 5.41) is 11.4. The highest BCUT2D eigenvalue weighted by atomic mass is 19.4. The molecule has 12 heteroatoms. The number of hydrogen-bond donors (Lipinski definition) is 2. The first-order valence-corrected chi connectivity index (χ1v) is 10.8. The molecule has 1 aromatic carbocycles. The fraction of sp³-hybridized carbons (Fsp3) is 0.455. The van der Waals surface area contributed by atoms with Gasteiger partial charge in [-0.15, -0.1) is 10.2 Å². The van der Waals surface area contributed by atoms with Gasteiger partial charge in [-0.3, -0.25) is 9.20 Å². The van der Waals surface area contributed by atoms with E-state index in [1.54, 1.807) is 23.1 Å². The third-order valence-corrected chi connectivity index (χ3v) is 6.42. The number of hydrogen-bond acceptors (Lipinski definition) is 7. The number of alkyl halides is 3. The molecule has 0 spiro atoms. The molecule has 1 saturated heterocycles. The summed E-state index contributed by atoms with van der Waals surface area (Å²) >= 11 is 0. The SMILES string of the molecule is Cc1nnc2nc(NC(C)c3cc(N)cc(C(F)(F)F)c3)c3c(n12)CN(C(=O)C1(C)COC1)C3. The highest BCUT2D eigenvalue weighted by Crippen LogP contribution is 2.37. The number of carbonyl (C=O) groups is 1. The lowest BCUT2D eigenvalue weighted by Gasteiger charge is -2.39. The van der Waals surface area contributed by atoms with Gasteiger partial charge in [-0.25, -0.2) is 0 Å². The summed E-state index contributed by atoms with van der Waals surface area (Å²) in [5.74, 6) is 1.42. The number of carbonyl (C=O) groups excluding carboxylic acids is 1. The standard InChI is InChI=1S/C22H24F3N7O2/c1-11(13-4-14(22(23,24)25)6-15(26)5-13)27-18-16-7-31(19(33)21(3)9-34-10-21)8-17(16)32-12(2)29-30-20(32)28-18/h4-6,11H,7-10,26H2,1-3H3,(H,27,28,30). The van der Waals surface area contributed by atoms with Gasteiger partial charge in [0.2, 0.25) is 5.91 Å². The summed E-state index contributed by atoms with van der Waals surface area (Å²) in [7, 11) is 0. The molecule has 4 heterocycles. The van der Waals surface area contributed by atoms with Crippen LogP contribution >= 0.6 is 0 Å². The number of benzene rings is 1. The van der Waals surface area contributed by atoms with Gasteiger partial charge >= 0.3 is 6.18 Å². The van der Waals surface area contributed by atoms with Crippen molar-refractivity contribution in [1.82, 2.24) is 24.5 Å². The topological polar surface area (TPSA) is 111 Å². The Bertz CT molecular complexity index is 1300. The molecule has 1 atom stereocenters. The molecule has 34 heavy (non-hydrogen) atoms. The maximum Gasteiger partial charge on any atom is 0.416 e. The number of aromatic nitrogens is 4. The molecule has 1 amide bonds. The van der Waals surface area contributed by atoms with Crippen molar-refractivity contribution in [3.63, 3.8) is 0 Å². The highest BCUT2D eigenvalue weighted by molar-refractivity contribution is 5.84. The van der Waals surface area contributed by atoms with E-state index in [-0.39, 0.29) is 11.6 Å². The Morgan fingerprint density at radius 3 is 2.62 bits per heavy atom. The molecule has 2 aliphatic heterocycles. The second-order valence-corrected chi connectivity index (χ2v) is 9.24. The minimum absolute atomic E-state index is 0.0153. The van der Waals surface area contributed by atoms with Crippen LogP contribution in [-0.2, 0) is 28.8 Å². The van der Waals surface area contributed by atoms with E-state index < -0.39 is 23.2 Å². The monoisotopic (exact) mass is 475 g/mol. The predicted octanol–water partition coefficient (Wildman–Crippen LogP) is 3.09. The third kappa shape index (κ3) is 3.61. The van der Waals surface area contributed by atoms with Crippen molar-refractivity contribution < 1.29 is 22.7 Å². The van der Waals surface area contributed by atoms with Crippen LogP contribution in [0.4, 0.5) is 24.7 Å². The maximum absolute atomic E-state index is 13.3. The van der Waals surface area contributed by atoms with Gasteiger partial charge in [-0.1, -0.05) is 0 Å². The van der Waals surface area contributed by atoms with E-state index in [0.29, 0.717) is 49.3 Å². The Balaban J connectivity index is 1.51. The number of amides is 1. The molecule has 0 aliphatic carbocycles. The lowest BCUT2D eigenvalue weighted by Crippen LogP contribution is -2.52. The van der Waals surface area contributed by atoms with Crippen LogP contribution < -0.4 is 11.1 Å². The van der Waals surface area contributed by atoms with E-state index in [1.165, 1.54) is 6.07 Å². The van der Waals surface area contributed by atoms with E-state index in [4.69, 9.17) is 10.5 Å². The van der Waals surface area contributed by atoms with Gasteiger partial charge in [0.1, 0.15) is 11.6 Å². The summed E-state index contributed by atoms with van der Waals surface area (Å²) in [4.78, 5) is 19.5. The lowest BCUT2D eigenvalue weighted by atomic mass is 9.87. The van der Waals surface area contributed by atoms with Gasteiger partial charge in [0.05, 0.1) is 49.0 Å². The number of rotatable bonds is 4. The zero-order chi connectivity index (χ0) is 24.4. The molecule has 1 unspecified atom stereocenters. The largest absolute Gasteiger partial charge is 0.416 e. The van der Waals surface area contributed by atoms with Crippen LogP contribution in [0.3, 0.4) is 0 Å². The average molecular weight is 475 g/mol. The number of nitrogens with two attached hydrogens (primary N) is 1. The summed E-state index contributed by atoms with van der Waals surface area (Å²) < 4.78 is 46.9. The zero-order valence-corrected chi connectivity index (χ0v) is 18.9. The van der Waals surface area contributed by atoms with Crippen LogP contribution in [0.15, 0.2) is 18.2 Å². The number of halogens is 3. The molecule has 0 saturated carbocycles. The molecule has 5 rings (SSSR count). The number of nitrogen functional groups attached to an aromatic ring is 1. The van der Waals surface area contributed by atoms with Gasteiger partial charge in [-0.05, 0) is 44.5 Å². The average Bonchev–Trinajstić information content (AvgIpc) is 3.34. The fourth-order valence-electron chi connectivity index (χ4n) is 4.49. The van der Waals surface area contributed by atoms with Crippen molar-refractivity contribution in [2.75, 3.05) is 24.3 Å². The van der Waals surface area contributed by atoms with Crippen molar-refractivity contribution in [3.8, 4) is 0 Å². The van der Waals surface area contributed by atoms with Crippen LogP contribution in [0.2, 0.25) is 0 Å². The van der Waals surface area contributed by atoms with Crippen molar-refractivity contribution >= 4 is 23.2 Å². The van der Waals surface area contributed by atoms with Crippen molar-refractivity contribution in [2.45, 2.75) is 46.1 Å². The Hall–Kier alpha value is -3.41. The summed E-state index contributed by atoms with van der Waals surface area (Å²) in [6.45, 7) is 6.81. The van der Waals surface area contributed by atoms with Gasteiger partial charge in [-0.2, -0.15) is 18.2 Å². The first kappa shape index (κ1) is 22.4. The Morgan fingerprint density at radius 1 is 1.24 bits per heavy atom. The van der Waals surface area contributed by atoms with E-state index >= 15 is 0 Å². The molecule has 2 aromatic heterocycles. The molecule has 9 nitrogen and oxygen atoms in total. The molecule has 0 radical (unpaired) electrons. The highest BCUT2D eigenvalue weighted by Gasteiger charge is 2.45. The van der Waals surface area contributed by atoms with Crippen LogP contribution in [-0.4, -0.2) is 43.6 Å². The fourth-order valence-corrected chi connectivity index (χ4v) is 4.49. The number of aryl methyl sites for hydroxylation is 1. The van der Waals surface area contributed by atoms with Gasteiger partial charge in [0.15, 0.2) is 0 Å². The first-order valence-electron chi connectivity index (χ1n) is 10.8. The molecular weight excluding hydrogens is 451 g/mol. The molecule has 2 aliphatic rings. The van der Waals surface area contributed by atoms with E-state index in [1.807, 2.05) is 6.92 Å². The second kappa shape index (κ2) is 7.55. The van der Waals surface area contributed by atoms with Crippen LogP contribution in [0.1, 0.15) is 48.1 Å².